The fourth-order valence-electron chi connectivity index (χ4n) is 5.00. The van der Waals surface area contributed by atoms with E-state index in [-0.39, 0.29) is 12.5 Å². The molecule has 228 valence electrons. The van der Waals surface area contributed by atoms with Gasteiger partial charge in [0.15, 0.2) is 0 Å². The quantitative estimate of drug-likeness (QED) is 0.264. The molecule has 1 aliphatic rings. The number of alkyl halides is 3. The molecule has 43 heavy (non-hydrogen) atoms. The first-order valence-electron chi connectivity index (χ1n) is 13.9. The maximum Gasteiger partial charge on any atom is 0.419 e. The van der Waals surface area contributed by atoms with Crippen molar-refractivity contribution in [2.45, 2.75) is 58.4 Å². The molecule has 2 N–H and O–H groups in total. The van der Waals surface area contributed by atoms with Gasteiger partial charge in [0, 0.05) is 18.7 Å². The van der Waals surface area contributed by atoms with Crippen LogP contribution in [0.1, 0.15) is 41.5 Å². The maximum atomic E-state index is 13.2. The first-order valence-corrected chi connectivity index (χ1v) is 13.9. The van der Waals surface area contributed by atoms with Crippen LogP contribution in [-0.2, 0) is 27.4 Å². The van der Waals surface area contributed by atoms with E-state index in [0.29, 0.717) is 31.6 Å². The predicted octanol–water partition coefficient (Wildman–Crippen LogP) is 6.35. The number of carboxylic acid groups (broad SMARTS) is 1. The summed E-state index contributed by atoms with van der Waals surface area (Å²) in [6.45, 7) is 4.69. The number of benzene rings is 3. The fourth-order valence-corrected chi connectivity index (χ4v) is 5.00. The molecule has 0 saturated carbocycles. The number of amides is 2. The highest BCUT2D eigenvalue weighted by Crippen LogP contribution is 2.36. The van der Waals surface area contributed by atoms with Crippen LogP contribution in [0.2, 0.25) is 0 Å². The molecule has 0 spiro atoms. The summed E-state index contributed by atoms with van der Waals surface area (Å²) in [6.07, 6.45) is -4.23. The highest BCUT2D eigenvalue weighted by atomic mass is 19.4. The van der Waals surface area contributed by atoms with Gasteiger partial charge in [0.1, 0.15) is 12.4 Å². The summed E-state index contributed by atoms with van der Waals surface area (Å²) in [5.41, 5.74) is 6.23. The molecular formula is C32H33F3N2O6. The number of anilines is 1. The van der Waals surface area contributed by atoms with Gasteiger partial charge in [-0.3, -0.25) is 10.1 Å². The first-order chi connectivity index (χ1) is 20.5. The second kappa shape index (κ2) is 13.6. The third kappa shape index (κ3) is 7.85. The zero-order valence-corrected chi connectivity index (χ0v) is 23.9. The van der Waals surface area contributed by atoms with Crippen molar-refractivity contribution in [3.05, 3.63) is 82.9 Å². The number of carbonyl (C=O) groups is 3. The van der Waals surface area contributed by atoms with Crippen molar-refractivity contribution in [3.8, 4) is 16.9 Å². The van der Waals surface area contributed by atoms with Gasteiger partial charge in [0.25, 0.3) is 0 Å². The third-order valence-electron chi connectivity index (χ3n) is 7.34. The molecule has 3 aromatic carbocycles. The van der Waals surface area contributed by atoms with E-state index in [1.54, 1.807) is 23.1 Å². The van der Waals surface area contributed by atoms with Crippen LogP contribution in [0.3, 0.4) is 0 Å². The van der Waals surface area contributed by atoms with Crippen molar-refractivity contribution in [2.75, 3.05) is 18.1 Å². The van der Waals surface area contributed by atoms with E-state index >= 15 is 0 Å². The average molecular weight is 599 g/mol. The molecule has 0 bridgehead atoms. The Morgan fingerprint density at radius 3 is 2.53 bits per heavy atom. The first kappa shape index (κ1) is 31.4. The van der Waals surface area contributed by atoms with E-state index in [0.717, 1.165) is 52.1 Å². The largest absolute Gasteiger partial charge is 0.493 e. The van der Waals surface area contributed by atoms with Gasteiger partial charge in [0.05, 0.1) is 6.61 Å². The number of carbonyl (C=O) groups excluding carboxylic acids is 2. The Kier molecular flexibility index (Phi) is 9.95. The number of carboxylic acids is 1. The highest BCUT2D eigenvalue weighted by Gasteiger charge is 2.46. The number of alkyl carbamates (subject to hydrolysis) is 1. The van der Waals surface area contributed by atoms with Crippen LogP contribution in [0.5, 0.6) is 5.75 Å². The number of rotatable bonds is 10. The third-order valence-corrected chi connectivity index (χ3v) is 7.34. The van der Waals surface area contributed by atoms with E-state index in [1.165, 1.54) is 5.32 Å². The van der Waals surface area contributed by atoms with E-state index in [1.807, 2.05) is 56.3 Å². The summed E-state index contributed by atoms with van der Waals surface area (Å²) in [7, 11) is 0. The number of ether oxygens (including phenoxy) is 2. The summed E-state index contributed by atoms with van der Waals surface area (Å²) in [4.78, 5) is 37.8. The Morgan fingerprint density at radius 2 is 1.79 bits per heavy atom. The van der Waals surface area contributed by atoms with Gasteiger partial charge in [-0.05, 0) is 84.7 Å². The second-order valence-corrected chi connectivity index (χ2v) is 10.3. The molecule has 0 aromatic heterocycles. The lowest BCUT2D eigenvalue weighted by Crippen LogP contribution is -2.50. The number of hydrogen-bond acceptors (Lipinski definition) is 5. The van der Waals surface area contributed by atoms with Crippen LogP contribution in [0, 0.1) is 13.8 Å². The van der Waals surface area contributed by atoms with E-state index in [9.17, 15) is 27.6 Å². The number of halogens is 3. The van der Waals surface area contributed by atoms with Gasteiger partial charge >= 0.3 is 18.2 Å². The molecule has 1 aliphatic heterocycles. The minimum Gasteiger partial charge on any atom is -0.493 e. The molecule has 0 radical (unpaired) electrons. The summed E-state index contributed by atoms with van der Waals surface area (Å²) < 4.78 is 49.3. The Labute approximate surface area is 247 Å². The maximum absolute atomic E-state index is 13.2. The Morgan fingerprint density at radius 1 is 1.05 bits per heavy atom. The number of aliphatic carboxylic acids is 1. The Hall–Kier alpha value is -4.54. The monoisotopic (exact) mass is 598 g/mol. The van der Waals surface area contributed by atoms with Gasteiger partial charge in [-0.15, -0.1) is 0 Å². The van der Waals surface area contributed by atoms with Crippen molar-refractivity contribution < 1.29 is 42.1 Å². The molecule has 4 rings (SSSR count). The van der Waals surface area contributed by atoms with Crippen LogP contribution in [0.15, 0.2) is 60.7 Å². The fraction of sp³-hybridized carbons (Fsp3) is 0.344. The van der Waals surface area contributed by atoms with Crippen LogP contribution in [0.25, 0.3) is 11.1 Å². The van der Waals surface area contributed by atoms with Crippen molar-refractivity contribution in [2.24, 2.45) is 0 Å². The summed E-state index contributed by atoms with van der Waals surface area (Å²) in [6, 6.07) is 15.5. The van der Waals surface area contributed by atoms with E-state index in [2.05, 4.69) is 0 Å². The zero-order chi connectivity index (χ0) is 31.1. The number of hydrogen-bond donors (Lipinski definition) is 2. The zero-order valence-electron chi connectivity index (χ0n) is 23.9. The van der Waals surface area contributed by atoms with Gasteiger partial charge in [-0.25, -0.2) is 9.59 Å². The normalized spacial score (nSPS) is 13.6. The molecule has 1 unspecified atom stereocenters. The molecule has 0 saturated heterocycles. The lowest BCUT2D eigenvalue weighted by atomic mass is 9.91. The van der Waals surface area contributed by atoms with Crippen LogP contribution in [-0.4, -0.2) is 48.4 Å². The number of nitrogens with zero attached hydrogens (tertiary/aromatic N) is 1. The van der Waals surface area contributed by atoms with Crippen molar-refractivity contribution in [1.29, 1.82) is 0 Å². The topological polar surface area (TPSA) is 105 Å². The number of nitrogens with one attached hydrogen (secondary N) is 1. The average Bonchev–Trinajstić information content (AvgIpc) is 2.97. The molecule has 1 heterocycles. The minimum absolute atomic E-state index is 0.00866. The van der Waals surface area contributed by atoms with Gasteiger partial charge in [-0.2, -0.15) is 13.2 Å². The highest BCUT2D eigenvalue weighted by molar-refractivity contribution is 5.96. The Bertz CT molecular complexity index is 1490. The molecular weight excluding hydrogens is 565 g/mol. The second-order valence-electron chi connectivity index (χ2n) is 10.3. The molecule has 0 fully saturated rings. The summed E-state index contributed by atoms with van der Waals surface area (Å²) in [5.74, 6) is -1.41. The Balaban J connectivity index is 1.40. The molecule has 1 atom stereocenters. The summed E-state index contributed by atoms with van der Waals surface area (Å²) >= 11 is 0. The standard InChI is InChI=1S/C32H33F3N2O6/c1-20-8-3-14-27(21(20)2)42-17-7-15-28(38)37-16-6-12-25-24(11-5-13-26(25)37)23-10-4-9-22(18-23)19-43-31(41)36-29(30(39)40)32(33,34)35/h3-5,8-11,13-14,18,29H,6-7,12,15-17,19H2,1-2H3,(H,36,41)(H,39,40). The molecule has 11 heteroatoms. The lowest BCUT2D eigenvalue weighted by molar-refractivity contribution is -0.179. The molecule has 2 amide bonds. The van der Waals surface area contributed by atoms with Gasteiger partial charge in [-0.1, -0.05) is 42.5 Å². The van der Waals surface area contributed by atoms with Gasteiger partial charge in [0.2, 0.25) is 11.9 Å². The number of fused-ring (bicyclic) bond motifs is 1. The van der Waals surface area contributed by atoms with Crippen molar-refractivity contribution in [1.82, 2.24) is 5.32 Å². The van der Waals surface area contributed by atoms with E-state index < -0.39 is 24.3 Å². The molecule has 0 aliphatic carbocycles. The SMILES string of the molecule is Cc1cccc(OCCCC(=O)N2CCCc3c(-c4cccc(COC(=O)NC(C(=O)O)C(F)(F)F)c4)cccc32)c1C. The summed E-state index contributed by atoms with van der Waals surface area (Å²) in [5, 5.41) is 10.1. The number of aryl methyl sites for hydroxylation is 1. The van der Waals surface area contributed by atoms with Crippen LogP contribution < -0.4 is 15.0 Å². The molecule has 8 nitrogen and oxygen atoms in total. The van der Waals surface area contributed by atoms with Crippen LogP contribution >= 0.6 is 0 Å². The van der Waals surface area contributed by atoms with Gasteiger partial charge < -0.3 is 19.5 Å². The van der Waals surface area contributed by atoms with E-state index in [4.69, 9.17) is 14.6 Å². The lowest BCUT2D eigenvalue weighted by Gasteiger charge is -2.31. The molecule has 3 aromatic rings. The van der Waals surface area contributed by atoms with Crippen molar-refractivity contribution >= 4 is 23.7 Å². The smallest absolute Gasteiger partial charge is 0.419 e. The predicted molar refractivity (Wildman–Crippen MR) is 154 cm³/mol. The van der Waals surface area contributed by atoms with Crippen molar-refractivity contribution in [3.63, 3.8) is 0 Å². The van der Waals surface area contributed by atoms with Crippen LogP contribution in [0.4, 0.5) is 23.7 Å². The minimum atomic E-state index is -5.17.